The number of nitrogens with zero attached hydrogens (tertiary/aromatic N) is 1. The summed E-state index contributed by atoms with van der Waals surface area (Å²) in [5, 5.41) is 4.95. The van der Waals surface area contributed by atoms with Gasteiger partial charge in [-0.2, -0.15) is 0 Å². The lowest BCUT2D eigenvalue weighted by Gasteiger charge is -2.22. The summed E-state index contributed by atoms with van der Waals surface area (Å²) in [4.78, 5) is 25.5. The van der Waals surface area contributed by atoms with Gasteiger partial charge in [0, 0.05) is 12.1 Å². The average Bonchev–Trinajstić information content (AvgIpc) is 2.44. The van der Waals surface area contributed by atoms with Crippen molar-refractivity contribution in [3.05, 3.63) is 29.6 Å². The van der Waals surface area contributed by atoms with Gasteiger partial charge in [0.15, 0.2) is 11.6 Å². The highest BCUT2D eigenvalue weighted by molar-refractivity contribution is 5.95. The largest absolute Gasteiger partial charge is 0.494 e. The van der Waals surface area contributed by atoms with Crippen molar-refractivity contribution in [1.82, 2.24) is 15.5 Å². The molecule has 1 aromatic carbocycles. The van der Waals surface area contributed by atoms with Crippen LogP contribution in [-0.4, -0.2) is 42.6 Å². The molecule has 0 aliphatic rings. The van der Waals surface area contributed by atoms with E-state index < -0.39 is 23.3 Å². The summed E-state index contributed by atoms with van der Waals surface area (Å²) in [7, 11) is 1.41. The number of carbonyl (C=O) groups excluding carboxylic acids is 2. The first kappa shape index (κ1) is 19.9. The molecule has 7 heteroatoms. The number of amides is 3. The zero-order valence-electron chi connectivity index (χ0n) is 14.9. The predicted octanol–water partition coefficient (Wildman–Crippen LogP) is 2.28. The van der Waals surface area contributed by atoms with Crippen LogP contribution in [0, 0.1) is 5.82 Å². The van der Waals surface area contributed by atoms with E-state index >= 15 is 0 Å². The minimum atomic E-state index is -0.529. The molecule has 0 aromatic heterocycles. The molecule has 6 nitrogen and oxygen atoms in total. The number of rotatable bonds is 6. The Balaban J connectivity index is 2.59. The summed E-state index contributed by atoms with van der Waals surface area (Å²) in [6, 6.07) is 4.15. The quantitative estimate of drug-likeness (QED) is 0.834. The van der Waals surface area contributed by atoms with E-state index in [1.807, 2.05) is 27.7 Å². The summed E-state index contributed by atoms with van der Waals surface area (Å²) >= 11 is 0. The number of hydrogen-bond donors (Lipinski definition) is 2. The number of urea groups is 1. The molecule has 134 valence electrons. The second-order valence-corrected chi connectivity index (χ2v) is 6.52. The third kappa shape index (κ3) is 6.95. The van der Waals surface area contributed by atoms with Crippen molar-refractivity contribution in [2.75, 3.05) is 20.2 Å². The Bertz CT molecular complexity index is 585. The van der Waals surface area contributed by atoms with Crippen LogP contribution in [-0.2, 0) is 11.3 Å². The van der Waals surface area contributed by atoms with Crippen LogP contribution < -0.4 is 15.4 Å². The molecule has 0 aliphatic carbocycles. The lowest BCUT2D eigenvalue weighted by atomic mass is 10.1. The number of ether oxygens (including phenoxy) is 1. The number of likely N-dealkylation sites (N-methyl/N-ethyl adjacent to an activating group) is 1. The van der Waals surface area contributed by atoms with E-state index in [4.69, 9.17) is 4.74 Å². The van der Waals surface area contributed by atoms with Gasteiger partial charge >= 0.3 is 6.03 Å². The van der Waals surface area contributed by atoms with Gasteiger partial charge in [-0.15, -0.1) is 0 Å². The van der Waals surface area contributed by atoms with Gasteiger partial charge in [-0.25, -0.2) is 9.18 Å². The van der Waals surface area contributed by atoms with Gasteiger partial charge in [0.25, 0.3) is 0 Å². The second-order valence-electron chi connectivity index (χ2n) is 6.52. The van der Waals surface area contributed by atoms with E-state index in [9.17, 15) is 14.0 Å². The van der Waals surface area contributed by atoms with E-state index in [2.05, 4.69) is 10.6 Å². The Morgan fingerprint density at radius 1 is 1.29 bits per heavy atom. The van der Waals surface area contributed by atoms with Crippen molar-refractivity contribution in [1.29, 1.82) is 0 Å². The van der Waals surface area contributed by atoms with Crippen molar-refractivity contribution in [2.24, 2.45) is 0 Å². The molecule has 0 atom stereocenters. The topological polar surface area (TPSA) is 70.7 Å². The fourth-order valence-electron chi connectivity index (χ4n) is 2.09. The first-order chi connectivity index (χ1) is 11.1. The fourth-order valence-corrected chi connectivity index (χ4v) is 2.09. The van der Waals surface area contributed by atoms with Crippen molar-refractivity contribution >= 4 is 11.9 Å². The van der Waals surface area contributed by atoms with Crippen LogP contribution in [0.15, 0.2) is 18.2 Å². The lowest BCUT2D eigenvalue weighted by molar-refractivity contribution is -0.121. The van der Waals surface area contributed by atoms with Crippen LogP contribution in [0.5, 0.6) is 5.75 Å². The number of hydrogen-bond acceptors (Lipinski definition) is 4. The smallest absolute Gasteiger partial charge is 0.321 e. The van der Waals surface area contributed by atoms with Crippen molar-refractivity contribution in [3.63, 3.8) is 0 Å². The Morgan fingerprint density at radius 2 is 1.96 bits per heavy atom. The van der Waals surface area contributed by atoms with Crippen molar-refractivity contribution in [2.45, 2.75) is 39.8 Å². The molecule has 0 fully saturated rings. The third-order valence-electron chi connectivity index (χ3n) is 3.18. The van der Waals surface area contributed by atoms with Crippen LogP contribution in [0.25, 0.3) is 0 Å². The molecule has 0 spiro atoms. The number of nitrogens with one attached hydrogen (secondary N) is 2. The zero-order chi connectivity index (χ0) is 18.3. The number of benzene rings is 1. The molecule has 0 aliphatic heterocycles. The maximum absolute atomic E-state index is 13.7. The van der Waals surface area contributed by atoms with E-state index in [1.54, 1.807) is 17.0 Å². The Labute approximate surface area is 142 Å². The van der Waals surface area contributed by atoms with Crippen LogP contribution >= 0.6 is 0 Å². The molecular formula is C17H26FN3O3. The maximum Gasteiger partial charge on any atom is 0.321 e. The summed E-state index contributed by atoms with van der Waals surface area (Å²) in [6.45, 7) is 8.40. The molecule has 3 amide bonds. The van der Waals surface area contributed by atoms with Gasteiger partial charge in [-0.05, 0) is 45.0 Å². The van der Waals surface area contributed by atoms with Crippen LogP contribution in [0.3, 0.4) is 0 Å². The van der Waals surface area contributed by atoms with Gasteiger partial charge in [0.1, 0.15) is 0 Å². The monoisotopic (exact) mass is 339 g/mol. The number of imide groups is 1. The molecule has 0 unspecified atom stereocenters. The third-order valence-corrected chi connectivity index (χ3v) is 3.18. The lowest BCUT2D eigenvalue weighted by Crippen LogP contribution is -2.50. The standard InChI is InChI=1S/C17H26FN3O3/c1-6-21(10-12-7-8-14(24-5)13(18)9-12)11-15(22)19-16(23)20-17(2,3)4/h7-9H,6,10-11H2,1-5H3,(H2,19,20,22,23). The van der Waals surface area contributed by atoms with Crippen LogP contribution in [0.4, 0.5) is 9.18 Å². The molecule has 2 N–H and O–H groups in total. The van der Waals surface area contributed by atoms with Crippen molar-refractivity contribution in [3.8, 4) is 5.75 Å². The molecular weight excluding hydrogens is 313 g/mol. The molecule has 24 heavy (non-hydrogen) atoms. The maximum atomic E-state index is 13.7. The van der Waals surface area contributed by atoms with Crippen LogP contribution in [0.1, 0.15) is 33.3 Å². The number of carbonyl (C=O) groups is 2. The average molecular weight is 339 g/mol. The zero-order valence-corrected chi connectivity index (χ0v) is 14.9. The normalized spacial score (nSPS) is 11.3. The SMILES string of the molecule is CCN(CC(=O)NC(=O)NC(C)(C)C)Cc1ccc(OC)c(F)c1. The van der Waals surface area contributed by atoms with Crippen LogP contribution in [0.2, 0.25) is 0 Å². The molecule has 0 radical (unpaired) electrons. The van der Waals surface area contributed by atoms with Gasteiger partial charge in [-0.3, -0.25) is 15.0 Å². The van der Waals surface area contributed by atoms with Crippen molar-refractivity contribution < 1.29 is 18.7 Å². The highest BCUT2D eigenvalue weighted by atomic mass is 19.1. The van der Waals surface area contributed by atoms with E-state index in [1.165, 1.54) is 13.2 Å². The minimum Gasteiger partial charge on any atom is -0.494 e. The predicted molar refractivity (Wildman–Crippen MR) is 90.3 cm³/mol. The Hall–Kier alpha value is -2.15. The summed E-state index contributed by atoms with van der Waals surface area (Å²) in [5.74, 6) is -0.675. The van der Waals surface area contributed by atoms with Gasteiger partial charge in [-0.1, -0.05) is 13.0 Å². The minimum absolute atomic E-state index is 0.0434. The summed E-state index contributed by atoms with van der Waals surface area (Å²) in [5.41, 5.74) is 0.303. The molecule has 0 saturated carbocycles. The Kier molecular flexibility index (Phi) is 7.16. The molecule has 0 bridgehead atoms. The highest BCUT2D eigenvalue weighted by Crippen LogP contribution is 2.18. The first-order valence-electron chi connectivity index (χ1n) is 7.81. The van der Waals surface area contributed by atoms with E-state index in [0.29, 0.717) is 13.1 Å². The first-order valence-corrected chi connectivity index (χ1v) is 7.81. The fraction of sp³-hybridized carbons (Fsp3) is 0.529. The molecule has 1 rings (SSSR count). The van der Waals surface area contributed by atoms with E-state index in [-0.39, 0.29) is 12.3 Å². The Morgan fingerprint density at radius 3 is 2.46 bits per heavy atom. The summed E-state index contributed by atoms with van der Waals surface area (Å²) < 4.78 is 18.6. The molecule has 0 heterocycles. The van der Waals surface area contributed by atoms with Gasteiger partial charge in [0.2, 0.25) is 5.91 Å². The van der Waals surface area contributed by atoms with Gasteiger partial charge < -0.3 is 10.1 Å². The number of halogens is 1. The second kappa shape index (κ2) is 8.63. The van der Waals surface area contributed by atoms with E-state index in [0.717, 1.165) is 5.56 Å². The number of methoxy groups -OCH3 is 1. The molecule has 0 saturated heterocycles. The van der Waals surface area contributed by atoms with Gasteiger partial charge in [0.05, 0.1) is 13.7 Å². The summed E-state index contributed by atoms with van der Waals surface area (Å²) in [6.07, 6.45) is 0. The highest BCUT2D eigenvalue weighted by Gasteiger charge is 2.17. The molecule has 1 aromatic rings.